The Labute approximate surface area is 139 Å². The number of hydrogen-bond donors (Lipinski definition) is 1. The Morgan fingerprint density at radius 1 is 1.27 bits per heavy atom. The molecule has 0 spiro atoms. The van der Waals surface area contributed by atoms with Gasteiger partial charge in [0.05, 0.1) is 10.7 Å². The number of fused-ring (bicyclic) bond motifs is 1. The normalized spacial score (nSPS) is 13.7. The molecule has 1 aliphatic carbocycles. The summed E-state index contributed by atoms with van der Waals surface area (Å²) in [5, 5.41) is 4.71. The summed E-state index contributed by atoms with van der Waals surface area (Å²) < 4.78 is 0. The van der Waals surface area contributed by atoms with Crippen molar-refractivity contribution in [1.82, 2.24) is 10.3 Å². The molecule has 0 atom stereocenters. The van der Waals surface area contributed by atoms with E-state index in [2.05, 4.69) is 10.3 Å². The van der Waals surface area contributed by atoms with E-state index in [4.69, 9.17) is 11.6 Å². The average molecular weight is 335 g/mol. The zero-order chi connectivity index (χ0) is 15.4. The van der Waals surface area contributed by atoms with Gasteiger partial charge in [-0.3, -0.25) is 4.79 Å². The molecule has 0 bridgehead atoms. The molecule has 3 nitrogen and oxygen atoms in total. The molecule has 0 saturated heterocycles. The van der Waals surface area contributed by atoms with Gasteiger partial charge < -0.3 is 5.32 Å². The molecule has 1 aromatic carbocycles. The Kier molecular flexibility index (Phi) is 5.11. The van der Waals surface area contributed by atoms with Crippen molar-refractivity contribution in [3.05, 3.63) is 50.4 Å². The summed E-state index contributed by atoms with van der Waals surface area (Å²) in [6.07, 6.45) is 5.99. The van der Waals surface area contributed by atoms with Crippen LogP contribution in [0.1, 0.15) is 40.4 Å². The lowest BCUT2D eigenvalue weighted by molar-refractivity contribution is -0.121. The minimum absolute atomic E-state index is 0.0492. The molecule has 22 heavy (non-hydrogen) atoms. The molecule has 1 aliphatic rings. The van der Waals surface area contributed by atoms with Crippen molar-refractivity contribution in [3.63, 3.8) is 0 Å². The molecule has 0 radical (unpaired) electrons. The second kappa shape index (κ2) is 7.25. The van der Waals surface area contributed by atoms with Crippen molar-refractivity contribution < 1.29 is 4.79 Å². The van der Waals surface area contributed by atoms with Gasteiger partial charge in [-0.1, -0.05) is 29.8 Å². The van der Waals surface area contributed by atoms with E-state index in [1.165, 1.54) is 23.4 Å². The van der Waals surface area contributed by atoms with Gasteiger partial charge in [-0.2, -0.15) is 0 Å². The molecular formula is C17H19ClN2OS. The molecule has 1 amide bonds. The van der Waals surface area contributed by atoms with Crippen LogP contribution in [0.3, 0.4) is 0 Å². The smallest absolute Gasteiger partial charge is 0.220 e. The van der Waals surface area contributed by atoms with Gasteiger partial charge in [-0.05, 0) is 37.3 Å². The quantitative estimate of drug-likeness (QED) is 0.900. The lowest BCUT2D eigenvalue weighted by Crippen LogP contribution is -2.23. The maximum atomic E-state index is 12.0. The molecule has 1 heterocycles. The number of aryl methyl sites for hydroxylation is 3. The van der Waals surface area contributed by atoms with Gasteiger partial charge in [0.2, 0.25) is 5.91 Å². The fraction of sp³-hybridized carbons (Fsp3) is 0.412. The van der Waals surface area contributed by atoms with Crippen molar-refractivity contribution >= 4 is 28.8 Å². The summed E-state index contributed by atoms with van der Waals surface area (Å²) in [4.78, 5) is 18.1. The van der Waals surface area contributed by atoms with E-state index in [0.29, 0.717) is 18.0 Å². The van der Waals surface area contributed by atoms with Gasteiger partial charge in [0.25, 0.3) is 0 Å². The van der Waals surface area contributed by atoms with Crippen LogP contribution >= 0.6 is 22.9 Å². The van der Waals surface area contributed by atoms with E-state index in [1.807, 2.05) is 24.3 Å². The van der Waals surface area contributed by atoms with E-state index in [9.17, 15) is 4.79 Å². The van der Waals surface area contributed by atoms with E-state index >= 15 is 0 Å². The maximum absolute atomic E-state index is 12.0. The minimum atomic E-state index is 0.0492. The lowest BCUT2D eigenvalue weighted by Gasteiger charge is -2.06. The highest BCUT2D eigenvalue weighted by Crippen LogP contribution is 2.27. The summed E-state index contributed by atoms with van der Waals surface area (Å²) in [5.41, 5.74) is 2.21. The number of benzene rings is 1. The van der Waals surface area contributed by atoms with Gasteiger partial charge in [-0.15, -0.1) is 11.3 Å². The zero-order valence-corrected chi connectivity index (χ0v) is 14.0. The number of halogens is 1. The van der Waals surface area contributed by atoms with Crippen molar-refractivity contribution in [2.45, 2.75) is 45.1 Å². The Bertz CT molecular complexity index is 645. The van der Waals surface area contributed by atoms with Gasteiger partial charge >= 0.3 is 0 Å². The van der Waals surface area contributed by atoms with E-state index in [0.717, 1.165) is 29.8 Å². The number of carbonyl (C=O) groups is 1. The fourth-order valence-corrected chi connectivity index (χ4v) is 4.02. The van der Waals surface area contributed by atoms with E-state index < -0.39 is 0 Å². The second-order valence-electron chi connectivity index (χ2n) is 5.55. The first-order valence-electron chi connectivity index (χ1n) is 7.70. The molecule has 5 heteroatoms. The maximum Gasteiger partial charge on any atom is 0.220 e. The summed E-state index contributed by atoms with van der Waals surface area (Å²) in [6, 6.07) is 7.58. The molecule has 0 aliphatic heterocycles. The van der Waals surface area contributed by atoms with Crippen LogP contribution in [-0.4, -0.2) is 10.9 Å². The van der Waals surface area contributed by atoms with Crippen LogP contribution in [0.5, 0.6) is 0 Å². The van der Waals surface area contributed by atoms with Crippen molar-refractivity contribution in [2.24, 2.45) is 0 Å². The van der Waals surface area contributed by atoms with Crippen molar-refractivity contribution in [1.29, 1.82) is 0 Å². The first kappa shape index (κ1) is 15.5. The number of rotatable bonds is 5. The van der Waals surface area contributed by atoms with E-state index in [-0.39, 0.29) is 5.91 Å². The van der Waals surface area contributed by atoms with Crippen LogP contribution in [0.2, 0.25) is 5.02 Å². The monoisotopic (exact) mass is 334 g/mol. The number of carbonyl (C=O) groups excluding carboxylic acids is 1. The molecule has 1 aromatic heterocycles. The highest BCUT2D eigenvalue weighted by molar-refractivity contribution is 7.11. The molecule has 0 unspecified atom stereocenters. The summed E-state index contributed by atoms with van der Waals surface area (Å²) in [5.74, 6) is 0.0492. The van der Waals surface area contributed by atoms with Gasteiger partial charge in [0, 0.05) is 29.3 Å². The van der Waals surface area contributed by atoms with Crippen molar-refractivity contribution in [3.8, 4) is 0 Å². The zero-order valence-electron chi connectivity index (χ0n) is 12.4. The predicted molar refractivity (Wildman–Crippen MR) is 90.4 cm³/mol. The molecule has 1 N–H and O–H groups in total. The molecule has 0 fully saturated rings. The number of nitrogens with zero attached hydrogens (tertiary/aromatic N) is 1. The third-order valence-corrected chi connectivity index (χ3v) is 5.48. The Morgan fingerprint density at radius 2 is 2.09 bits per heavy atom. The van der Waals surface area contributed by atoms with Gasteiger partial charge in [0.15, 0.2) is 0 Å². The molecule has 2 aromatic rings. The Balaban J connectivity index is 1.48. The molecule has 3 rings (SSSR count). The van der Waals surface area contributed by atoms with Crippen LogP contribution in [0, 0.1) is 0 Å². The molecule has 116 valence electrons. The number of amides is 1. The van der Waals surface area contributed by atoms with Crippen LogP contribution in [0.25, 0.3) is 0 Å². The third-order valence-electron chi connectivity index (χ3n) is 3.89. The van der Waals surface area contributed by atoms with E-state index in [1.54, 1.807) is 11.3 Å². The minimum Gasteiger partial charge on any atom is -0.352 e. The van der Waals surface area contributed by atoms with Crippen LogP contribution in [0.15, 0.2) is 24.3 Å². The van der Waals surface area contributed by atoms with Gasteiger partial charge in [0.1, 0.15) is 0 Å². The van der Waals surface area contributed by atoms with Crippen LogP contribution in [0.4, 0.5) is 0 Å². The molecule has 0 saturated carbocycles. The highest BCUT2D eigenvalue weighted by Gasteiger charge is 2.15. The number of aromatic nitrogens is 1. The fourth-order valence-electron chi connectivity index (χ4n) is 2.66. The molecular weight excluding hydrogens is 316 g/mol. The lowest BCUT2D eigenvalue weighted by atomic mass is 10.0. The summed E-state index contributed by atoms with van der Waals surface area (Å²) in [6.45, 7) is 0.479. The predicted octanol–water partition coefficient (Wildman–Crippen LogP) is 3.92. The standard InChI is InChI=1S/C17H19ClN2OS/c18-13-6-2-1-5-12(13)11-19-16(21)9-10-17-20-14-7-3-4-8-15(14)22-17/h1-2,5-6H,3-4,7-11H2,(H,19,21). The average Bonchev–Trinajstić information content (AvgIpc) is 2.95. The summed E-state index contributed by atoms with van der Waals surface area (Å²) in [7, 11) is 0. The van der Waals surface area contributed by atoms with Gasteiger partial charge in [-0.25, -0.2) is 4.98 Å². The second-order valence-corrected chi connectivity index (χ2v) is 7.13. The first-order chi connectivity index (χ1) is 10.7. The van der Waals surface area contributed by atoms with Crippen LogP contribution in [-0.2, 0) is 30.6 Å². The van der Waals surface area contributed by atoms with Crippen LogP contribution < -0.4 is 5.32 Å². The topological polar surface area (TPSA) is 42.0 Å². The number of hydrogen-bond acceptors (Lipinski definition) is 3. The SMILES string of the molecule is O=C(CCc1nc2c(s1)CCCC2)NCc1ccccc1Cl. The largest absolute Gasteiger partial charge is 0.352 e. The third kappa shape index (κ3) is 3.87. The summed E-state index contributed by atoms with van der Waals surface area (Å²) >= 11 is 7.86. The number of nitrogens with one attached hydrogen (secondary N) is 1. The Morgan fingerprint density at radius 3 is 2.91 bits per heavy atom. The highest BCUT2D eigenvalue weighted by atomic mass is 35.5. The Hall–Kier alpha value is -1.39. The van der Waals surface area contributed by atoms with Crippen molar-refractivity contribution in [2.75, 3.05) is 0 Å². The first-order valence-corrected chi connectivity index (χ1v) is 8.89. The number of thiazole rings is 1.